The van der Waals surface area contributed by atoms with Crippen LogP contribution < -0.4 is 10.2 Å². The number of likely N-dealkylation sites (N-methyl/N-ethyl adjacent to an activating group) is 1. The van der Waals surface area contributed by atoms with Gasteiger partial charge in [-0.15, -0.1) is 5.10 Å². The average Bonchev–Trinajstić information content (AvgIpc) is 2.62. The summed E-state index contributed by atoms with van der Waals surface area (Å²) in [5.74, 6) is 1.01. The van der Waals surface area contributed by atoms with Crippen LogP contribution in [0.1, 0.15) is 19.0 Å². The van der Waals surface area contributed by atoms with Gasteiger partial charge >= 0.3 is 0 Å². The maximum absolute atomic E-state index is 4.34. The minimum absolute atomic E-state index is 0.798. The maximum atomic E-state index is 4.34. The van der Waals surface area contributed by atoms with Crippen LogP contribution in [0.3, 0.4) is 0 Å². The van der Waals surface area contributed by atoms with E-state index in [-0.39, 0.29) is 0 Å². The summed E-state index contributed by atoms with van der Waals surface area (Å²) in [4.78, 5) is 4.69. The van der Waals surface area contributed by atoms with Gasteiger partial charge < -0.3 is 15.1 Å². The molecule has 0 radical (unpaired) electrons. The zero-order valence-corrected chi connectivity index (χ0v) is 11.4. The van der Waals surface area contributed by atoms with Gasteiger partial charge in [0.05, 0.1) is 5.69 Å². The van der Waals surface area contributed by atoms with Gasteiger partial charge in [-0.05, 0) is 38.7 Å². The zero-order valence-electron chi connectivity index (χ0n) is 11.4. The van der Waals surface area contributed by atoms with E-state index in [4.69, 9.17) is 0 Å². The van der Waals surface area contributed by atoms with Gasteiger partial charge in [-0.25, -0.2) is 0 Å². The highest BCUT2D eigenvalue weighted by Crippen LogP contribution is 2.12. The molecule has 5 heteroatoms. The number of anilines is 1. The maximum Gasteiger partial charge on any atom is 0.151 e. The van der Waals surface area contributed by atoms with Gasteiger partial charge in [0.1, 0.15) is 0 Å². The molecule has 1 N–H and O–H groups in total. The van der Waals surface area contributed by atoms with E-state index < -0.39 is 0 Å². The Hall–Kier alpha value is -1.20. The van der Waals surface area contributed by atoms with Crippen LogP contribution in [-0.2, 0) is 6.54 Å². The second-order valence-corrected chi connectivity index (χ2v) is 4.81. The molecule has 2 rings (SSSR count). The van der Waals surface area contributed by atoms with Gasteiger partial charge in [0.15, 0.2) is 5.82 Å². The summed E-state index contributed by atoms with van der Waals surface area (Å²) in [6.45, 7) is 8.23. The van der Waals surface area contributed by atoms with E-state index in [0.29, 0.717) is 0 Å². The molecule has 0 spiro atoms. The van der Waals surface area contributed by atoms with E-state index in [1.165, 1.54) is 13.0 Å². The number of rotatable bonds is 4. The molecule has 1 aliphatic heterocycles. The Balaban J connectivity index is 1.95. The van der Waals surface area contributed by atoms with Crippen LogP contribution in [0, 0.1) is 0 Å². The molecule has 2 heterocycles. The van der Waals surface area contributed by atoms with Gasteiger partial charge in [0.25, 0.3) is 0 Å². The largest absolute Gasteiger partial charge is 0.354 e. The van der Waals surface area contributed by atoms with Gasteiger partial charge in [0.2, 0.25) is 0 Å². The van der Waals surface area contributed by atoms with E-state index in [0.717, 1.165) is 44.2 Å². The number of nitrogens with one attached hydrogen (secondary N) is 1. The molecule has 100 valence electrons. The normalized spacial score (nSPS) is 17.8. The molecule has 1 fully saturated rings. The van der Waals surface area contributed by atoms with Crippen LogP contribution in [0.2, 0.25) is 0 Å². The lowest BCUT2D eigenvalue weighted by molar-refractivity contribution is 0.360. The van der Waals surface area contributed by atoms with Crippen molar-refractivity contribution in [3.63, 3.8) is 0 Å². The molecule has 0 saturated carbocycles. The Morgan fingerprint density at radius 2 is 2.06 bits per heavy atom. The molecule has 1 aromatic heterocycles. The van der Waals surface area contributed by atoms with Crippen molar-refractivity contribution < 1.29 is 0 Å². The smallest absolute Gasteiger partial charge is 0.151 e. The van der Waals surface area contributed by atoms with Crippen molar-refractivity contribution in [1.82, 2.24) is 20.4 Å². The van der Waals surface area contributed by atoms with Gasteiger partial charge in [-0.2, -0.15) is 5.10 Å². The second kappa shape index (κ2) is 6.66. The van der Waals surface area contributed by atoms with E-state index in [1.807, 2.05) is 0 Å². The first kappa shape index (κ1) is 13.2. The second-order valence-electron chi connectivity index (χ2n) is 4.81. The summed E-state index contributed by atoms with van der Waals surface area (Å²) in [6.07, 6.45) is 1.19. The van der Waals surface area contributed by atoms with Crippen LogP contribution >= 0.6 is 0 Å². The molecule has 1 saturated heterocycles. The van der Waals surface area contributed by atoms with Crippen LogP contribution in [0.4, 0.5) is 5.82 Å². The van der Waals surface area contributed by atoms with Crippen LogP contribution in [0.25, 0.3) is 0 Å². The molecule has 0 unspecified atom stereocenters. The molecule has 5 nitrogen and oxygen atoms in total. The monoisotopic (exact) mass is 249 g/mol. The Morgan fingerprint density at radius 3 is 2.78 bits per heavy atom. The molecule has 0 bridgehead atoms. The van der Waals surface area contributed by atoms with Crippen LogP contribution in [0.5, 0.6) is 0 Å². The molecular weight excluding hydrogens is 226 g/mol. The number of aromatic nitrogens is 2. The van der Waals surface area contributed by atoms with E-state index >= 15 is 0 Å². The Labute approximate surface area is 109 Å². The summed E-state index contributed by atoms with van der Waals surface area (Å²) in [6, 6.07) is 4.16. The highest BCUT2D eigenvalue weighted by atomic mass is 15.3. The molecule has 0 atom stereocenters. The van der Waals surface area contributed by atoms with Crippen molar-refractivity contribution in [2.75, 3.05) is 44.7 Å². The summed E-state index contributed by atoms with van der Waals surface area (Å²) < 4.78 is 0. The minimum atomic E-state index is 0.798. The standard InChI is InChI=1S/C13H23N5/c1-3-14-11-12-5-6-13(16-15-12)18-8-4-7-17(2)9-10-18/h5-6,14H,3-4,7-11H2,1-2H3. The highest BCUT2D eigenvalue weighted by Gasteiger charge is 2.13. The predicted molar refractivity (Wildman–Crippen MR) is 73.7 cm³/mol. The molecule has 0 amide bonds. The van der Waals surface area contributed by atoms with Crippen LogP contribution in [0.15, 0.2) is 12.1 Å². The highest BCUT2D eigenvalue weighted by molar-refractivity contribution is 5.37. The van der Waals surface area contributed by atoms with Gasteiger partial charge in [0, 0.05) is 26.2 Å². The number of nitrogens with zero attached hydrogens (tertiary/aromatic N) is 4. The topological polar surface area (TPSA) is 44.3 Å². The summed E-state index contributed by atoms with van der Waals surface area (Å²) in [5.41, 5.74) is 1.01. The summed E-state index contributed by atoms with van der Waals surface area (Å²) in [7, 11) is 2.18. The van der Waals surface area contributed by atoms with E-state index in [2.05, 4.69) is 51.4 Å². The molecule has 0 aromatic carbocycles. The molecular formula is C13H23N5. The third-order valence-corrected chi connectivity index (χ3v) is 3.31. The fourth-order valence-corrected chi connectivity index (χ4v) is 2.14. The SMILES string of the molecule is CCNCc1ccc(N2CCCN(C)CC2)nn1. The molecule has 0 aliphatic carbocycles. The Morgan fingerprint density at radius 1 is 1.17 bits per heavy atom. The lowest BCUT2D eigenvalue weighted by atomic mass is 10.3. The van der Waals surface area contributed by atoms with Crippen molar-refractivity contribution >= 4 is 5.82 Å². The third kappa shape index (κ3) is 3.65. The van der Waals surface area contributed by atoms with Gasteiger partial charge in [-0.3, -0.25) is 0 Å². The van der Waals surface area contributed by atoms with Crippen molar-refractivity contribution in [2.45, 2.75) is 19.9 Å². The number of hydrogen-bond donors (Lipinski definition) is 1. The first-order valence-electron chi connectivity index (χ1n) is 6.76. The first-order chi connectivity index (χ1) is 8.79. The molecule has 1 aliphatic rings. The summed E-state index contributed by atoms with van der Waals surface area (Å²) >= 11 is 0. The van der Waals surface area contributed by atoms with E-state index in [1.54, 1.807) is 0 Å². The molecule has 1 aromatic rings. The van der Waals surface area contributed by atoms with Gasteiger partial charge in [-0.1, -0.05) is 6.92 Å². The fraction of sp³-hybridized carbons (Fsp3) is 0.692. The first-order valence-corrected chi connectivity index (χ1v) is 6.76. The average molecular weight is 249 g/mol. The van der Waals surface area contributed by atoms with Crippen molar-refractivity contribution in [2.24, 2.45) is 0 Å². The quantitative estimate of drug-likeness (QED) is 0.852. The Kier molecular flexibility index (Phi) is 4.90. The summed E-state index contributed by atoms with van der Waals surface area (Å²) in [5, 5.41) is 11.9. The van der Waals surface area contributed by atoms with E-state index in [9.17, 15) is 0 Å². The van der Waals surface area contributed by atoms with Crippen molar-refractivity contribution in [1.29, 1.82) is 0 Å². The molecule has 18 heavy (non-hydrogen) atoms. The number of hydrogen-bond acceptors (Lipinski definition) is 5. The predicted octanol–water partition coefficient (Wildman–Crippen LogP) is 0.728. The Bertz CT molecular complexity index is 351. The lowest BCUT2D eigenvalue weighted by Gasteiger charge is -2.20. The minimum Gasteiger partial charge on any atom is -0.354 e. The fourth-order valence-electron chi connectivity index (χ4n) is 2.14. The van der Waals surface area contributed by atoms with Crippen molar-refractivity contribution in [3.8, 4) is 0 Å². The van der Waals surface area contributed by atoms with Crippen molar-refractivity contribution in [3.05, 3.63) is 17.8 Å². The zero-order chi connectivity index (χ0) is 12.8. The van der Waals surface area contributed by atoms with Crippen LogP contribution in [-0.4, -0.2) is 54.9 Å². The lowest BCUT2D eigenvalue weighted by Crippen LogP contribution is -2.29. The third-order valence-electron chi connectivity index (χ3n) is 3.31.